The van der Waals surface area contributed by atoms with Crippen LogP contribution in [0.3, 0.4) is 0 Å². The van der Waals surface area contributed by atoms with Crippen LogP contribution in [0.15, 0.2) is 48.5 Å². The SMILES string of the molecule is O=C(CNCc1ccc([N+](=O)[O-])cc1)N1CCCc2ccccc21. The lowest BCUT2D eigenvalue weighted by Crippen LogP contribution is -2.41. The van der Waals surface area contributed by atoms with Crippen LogP contribution < -0.4 is 10.2 Å². The third kappa shape index (κ3) is 3.60. The van der Waals surface area contributed by atoms with Crippen molar-refractivity contribution in [2.75, 3.05) is 18.0 Å². The van der Waals surface area contributed by atoms with E-state index in [0.29, 0.717) is 6.54 Å². The van der Waals surface area contributed by atoms with Gasteiger partial charge in [-0.05, 0) is 30.0 Å². The highest BCUT2D eigenvalue weighted by atomic mass is 16.6. The molecule has 1 amide bonds. The van der Waals surface area contributed by atoms with Gasteiger partial charge in [0.05, 0.1) is 11.5 Å². The number of benzene rings is 2. The zero-order chi connectivity index (χ0) is 16.9. The van der Waals surface area contributed by atoms with Crippen molar-refractivity contribution in [3.05, 3.63) is 69.8 Å². The molecule has 0 unspecified atom stereocenters. The summed E-state index contributed by atoms with van der Waals surface area (Å²) in [4.78, 5) is 24.5. The van der Waals surface area contributed by atoms with Crippen LogP contribution in [-0.2, 0) is 17.8 Å². The van der Waals surface area contributed by atoms with Gasteiger partial charge in [0, 0.05) is 30.9 Å². The van der Waals surface area contributed by atoms with Crippen LogP contribution in [0.5, 0.6) is 0 Å². The molecule has 1 heterocycles. The van der Waals surface area contributed by atoms with Gasteiger partial charge in [0.15, 0.2) is 0 Å². The lowest BCUT2D eigenvalue weighted by atomic mass is 10.0. The first-order valence-corrected chi connectivity index (χ1v) is 7.97. The predicted molar refractivity (Wildman–Crippen MR) is 91.9 cm³/mol. The molecule has 124 valence electrons. The Morgan fingerprint density at radius 2 is 1.92 bits per heavy atom. The second-order valence-corrected chi connectivity index (χ2v) is 5.80. The summed E-state index contributed by atoms with van der Waals surface area (Å²) >= 11 is 0. The number of fused-ring (bicyclic) bond motifs is 1. The summed E-state index contributed by atoms with van der Waals surface area (Å²) in [7, 11) is 0. The minimum absolute atomic E-state index is 0.0454. The molecule has 0 atom stereocenters. The molecular weight excluding hydrogens is 306 g/mol. The lowest BCUT2D eigenvalue weighted by molar-refractivity contribution is -0.384. The quantitative estimate of drug-likeness (QED) is 0.677. The molecule has 6 heteroatoms. The average molecular weight is 325 g/mol. The van der Waals surface area contributed by atoms with Gasteiger partial charge in [-0.3, -0.25) is 14.9 Å². The third-order valence-electron chi connectivity index (χ3n) is 4.16. The summed E-state index contributed by atoms with van der Waals surface area (Å²) in [5.74, 6) is 0.0454. The molecule has 0 radical (unpaired) electrons. The first kappa shape index (κ1) is 16.1. The fourth-order valence-corrected chi connectivity index (χ4v) is 2.94. The Hall–Kier alpha value is -2.73. The first-order valence-electron chi connectivity index (χ1n) is 7.97. The molecule has 0 fully saturated rings. The fraction of sp³-hybridized carbons (Fsp3) is 0.278. The number of non-ortho nitro benzene ring substituents is 1. The standard InChI is InChI=1S/C18H19N3O3/c22-18(20-11-3-5-15-4-1-2-6-17(15)20)13-19-12-14-7-9-16(10-8-14)21(23)24/h1-2,4,6-10,19H,3,5,11-13H2. The lowest BCUT2D eigenvalue weighted by Gasteiger charge is -2.29. The van der Waals surface area contributed by atoms with E-state index < -0.39 is 4.92 Å². The number of nitro groups is 1. The monoisotopic (exact) mass is 325 g/mol. The second kappa shape index (κ2) is 7.23. The maximum atomic E-state index is 12.5. The molecule has 1 aliphatic rings. The normalized spacial score (nSPS) is 13.4. The Morgan fingerprint density at radius 3 is 2.67 bits per heavy atom. The summed E-state index contributed by atoms with van der Waals surface area (Å²) < 4.78 is 0. The molecule has 0 spiro atoms. The number of nitrogens with one attached hydrogen (secondary N) is 1. The summed E-state index contributed by atoms with van der Waals surface area (Å²) in [6.45, 7) is 1.49. The number of carbonyl (C=O) groups is 1. The van der Waals surface area contributed by atoms with E-state index in [0.717, 1.165) is 30.6 Å². The minimum atomic E-state index is -0.422. The van der Waals surface area contributed by atoms with E-state index in [1.807, 2.05) is 23.1 Å². The molecule has 0 saturated heterocycles. The molecule has 0 bridgehead atoms. The van der Waals surface area contributed by atoms with Gasteiger partial charge >= 0.3 is 0 Å². The van der Waals surface area contributed by atoms with E-state index in [2.05, 4.69) is 11.4 Å². The highest BCUT2D eigenvalue weighted by Gasteiger charge is 2.21. The molecule has 0 saturated carbocycles. The Labute approximate surface area is 140 Å². The smallest absolute Gasteiger partial charge is 0.269 e. The van der Waals surface area contributed by atoms with Crippen LogP contribution in [-0.4, -0.2) is 23.9 Å². The van der Waals surface area contributed by atoms with Gasteiger partial charge in [0.2, 0.25) is 5.91 Å². The fourth-order valence-electron chi connectivity index (χ4n) is 2.94. The number of hydrogen-bond donors (Lipinski definition) is 1. The van der Waals surface area contributed by atoms with Crippen molar-refractivity contribution in [1.29, 1.82) is 0 Å². The van der Waals surface area contributed by atoms with Crippen molar-refractivity contribution in [2.24, 2.45) is 0 Å². The van der Waals surface area contributed by atoms with Crippen molar-refractivity contribution in [3.63, 3.8) is 0 Å². The number of amides is 1. The van der Waals surface area contributed by atoms with Gasteiger partial charge in [0.25, 0.3) is 5.69 Å². The van der Waals surface area contributed by atoms with Gasteiger partial charge < -0.3 is 10.2 Å². The van der Waals surface area contributed by atoms with E-state index in [1.165, 1.54) is 17.7 Å². The van der Waals surface area contributed by atoms with Gasteiger partial charge in [-0.25, -0.2) is 0 Å². The summed E-state index contributed by atoms with van der Waals surface area (Å²) in [6.07, 6.45) is 1.99. The molecule has 1 N–H and O–H groups in total. The van der Waals surface area contributed by atoms with Gasteiger partial charge in [-0.1, -0.05) is 30.3 Å². The third-order valence-corrected chi connectivity index (χ3v) is 4.16. The van der Waals surface area contributed by atoms with Gasteiger partial charge in [-0.2, -0.15) is 0 Å². The van der Waals surface area contributed by atoms with E-state index >= 15 is 0 Å². The number of hydrogen-bond acceptors (Lipinski definition) is 4. The van der Waals surface area contributed by atoms with Crippen molar-refractivity contribution in [1.82, 2.24) is 5.32 Å². The van der Waals surface area contributed by atoms with Gasteiger partial charge in [-0.15, -0.1) is 0 Å². The first-order chi connectivity index (χ1) is 11.6. The van der Waals surface area contributed by atoms with Crippen LogP contribution in [0.2, 0.25) is 0 Å². The Balaban J connectivity index is 1.56. The molecule has 2 aromatic rings. The van der Waals surface area contributed by atoms with Crippen molar-refractivity contribution >= 4 is 17.3 Å². The average Bonchev–Trinajstić information content (AvgIpc) is 2.61. The summed E-state index contributed by atoms with van der Waals surface area (Å²) in [5.41, 5.74) is 3.20. The van der Waals surface area contributed by atoms with Crippen LogP contribution >= 0.6 is 0 Å². The van der Waals surface area contributed by atoms with Crippen LogP contribution in [0.4, 0.5) is 11.4 Å². The Bertz CT molecular complexity index is 743. The summed E-state index contributed by atoms with van der Waals surface area (Å²) in [6, 6.07) is 14.4. The summed E-state index contributed by atoms with van der Waals surface area (Å²) in [5, 5.41) is 13.7. The maximum Gasteiger partial charge on any atom is 0.269 e. The van der Waals surface area contributed by atoms with Crippen LogP contribution in [0, 0.1) is 10.1 Å². The van der Waals surface area contributed by atoms with Gasteiger partial charge in [0.1, 0.15) is 0 Å². The number of carbonyl (C=O) groups excluding carboxylic acids is 1. The molecular formula is C18H19N3O3. The molecule has 0 aromatic heterocycles. The van der Waals surface area contributed by atoms with Crippen molar-refractivity contribution < 1.29 is 9.72 Å². The largest absolute Gasteiger partial charge is 0.311 e. The number of rotatable bonds is 5. The number of aryl methyl sites for hydroxylation is 1. The number of nitro benzene ring substituents is 1. The number of nitrogens with zero attached hydrogens (tertiary/aromatic N) is 2. The molecule has 6 nitrogen and oxygen atoms in total. The molecule has 0 aliphatic carbocycles. The topological polar surface area (TPSA) is 75.5 Å². The predicted octanol–water partition coefficient (Wildman–Crippen LogP) is 2.66. The molecule has 24 heavy (non-hydrogen) atoms. The highest BCUT2D eigenvalue weighted by molar-refractivity contribution is 5.95. The molecule has 3 rings (SSSR count). The molecule has 1 aliphatic heterocycles. The number of para-hydroxylation sites is 1. The highest BCUT2D eigenvalue weighted by Crippen LogP contribution is 2.26. The van der Waals surface area contributed by atoms with Crippen LogP contribution in [0.1, 0.15) is 17.5 Å². The number of anilines is 1. The van der Waals surface area contributed by atoms with E-state index in [-0.39, 0.29) is 18.1 Å². The van der Waals surface area contributed by atoms with Crippen molar-refractivity contribution in [3.8, 4) is 0 Å². The van der Waals surface area contributed by atoms with Crippen molar-refractivity contribution in [2.45, 2.75) is 19.4 Å². The zero-order valence-corrected chi connectivity index (χ0v) is 13.3. The maximum absolute atomic E-state index is 12.5. The Morgan fingerprint density at radius 1 is 1.17 bits per heavy atom. The Kier molecular flexibility index (Phi) is 4.86. The molecule has 2 aromatic carbocycles. The minimum Gasteiger partial charge on any atom is -0.311 e. The van der Waals surface area contributed by atoms with Crippen LogP contribution in [0.25, 0.3) is 0 Å². The van der Waals surface area contributed by atoms with E-state index in [4.69, 9.17) is 0 Å². The zero-order valence-electron chi connectivity index (χ0n) is 13.3. The van der Waals surface area contributed by atoms with E-state index in [9.17, 15) is 14.9 Å². The van der Waals surface area contributed by atoms with E-state index in [1.54, 1.807) is 12.1 Å². The second-order valence-electron chi connectivity index (χ2n) is 5.80.